The molecule has 0 aliphatic heterocycles. The third kappa shape index (κ3) is 3.18. The van der Waals surface area contributed by atoms with Crippen molar-refractivity contribution in [1.82, 2.24) is 20.0 Å². The Morgan fingerprint density at radius 1 is 1.40 bits per heavy atom. The second kappa shape index (κ2) is 6.36. The smallest absolute Gasteiger partial charge is 0.306 e. The molecule has 0 spiro atoms. The summed E-state index contributed by atoms with van der Waals surface area (Å²) in [6.07, 6.45) is 0.376. The van der Waals surface area contributed by atoms with Crippen LogP contribution in [0.1, 0.15) is 17.8 Å². The molecule has 2 aromatic rings. The predicted octanol–water partition coefficient (Wildman–Crippen LogP) is 2.21. The normalized spacial score (nSPS) is 10.8. The van der Waals surface area contributed by atoms with Crippen LogP contribution in [0.15, 0.2) is 4.34 Å². The number of esters is 1. The summed E-state index contributed by atoms with van der Waals surface area (Å²) in [6.45, 7) is 3.98. The molecule has 108 valence electrons. The molecule has 0 aromatic carbocycles. The lowest BCUT2D eigenvalue weighted by molar-refractivity contribution is -0.140. The van der Waals surface area contributed by atoms with Crippen molar-refractivity contribution in [3.63, 3.8) is 0 Å². The highest BCUT2D eigenvalue weighted by atomic mass is 32.2. The van der Waals surface area contributed by atoms with Gasteiger partial charge in [0.2, 0.25) is 0 Å². The van der Waals surface area contributed by atoms with E-state index >= 15 is 0 Å². The van der Waals surface area contributed by atoms with Gasteiger partial charge in [-0.15, -0.1) is 10.2 Å². The fraction of sp³-hybridized carbons (Fsp3) is 0.500. The summed E-state index contributed by atoms with van der Waals surface area (Å²) < 4.78 is 7.30. The van der Waals surface area contributed by atoms with Crippen LogP contribution in [0.5, 0.6) is 0 Å². The number of hydrogen-bond acceptors (Lipinski definition) is 7. The second-order valence-corrected chi connectivity index (χ2v) is 6.54. The lowest BCUT2D eigenvalue weighted by atomic mass is 10.2. The van der Waals surface area contributed by atoms with Crippen LogP contribution in [-0.2, 0) is 16.6 Å². The molecule has 0 aliphatic carbocycles. The Hall–Kier alpha value is -1.41. The maximum absolute atomic E-state index is 11.0. The summed E-state index contributed by atoms with van der Waals surface area (Å²) in [5.74, 6) is 0.438. The van der Waals surface area contributed by atoms with Gasteiger partial charge in [0.25, 0.3) is 0 Å². The monoisotopic (exact) mass is 312 g/mol. The molecular formula is C12H16N4O2S2. The van der Waals surface area contributed by atoms with E-state index in [1.165, 1.54) is 30.2 Å². The second-order valence-electron chi connectivity index (χ2n) is 4.22. The van der Waals surface area contributed by atoms with Gasteiger partial charge in [0, 0.05) is 18.5 Å². The first-order chi connectivity index (χ1) is 9.52. The van der Waals surface area contributed by atoms with Crippen molar-refractivity contribution in [3.8, 4) is 10.6 Å². The molecule has 6 nitrogen and oxygen atoms in total. The molecule has 0 amide bonds. The van der Waals surface area contributed by atoms with Crippen LogP contribution in [0, 0.1) is 13.8 Å². The minimum Gasteiger partial charge on any atom is -0.469 e. The van der Waals surface area contributed by atoms with Crippen molar-refractivity contribution >= 4 is 29.1 Å². The maximum Gasteiger partial charge on any atom is 0.306 e. The molecule has 0 N–H and O–H groups in total. The highest BCUT2D eigenvalue weighted by molar-refractivity contribution is 8.01. The highest BCUT2D eigenvalue weighted by Gasteiger charge is 2.16. The van der Waals surface area contributed by atoms with Gasteiger partial charge >= 0.3 is 5.97 Å². The van der Waals surface area contributed by atoms with Crippen molar-refractivity contribution in [2.24, 2.45) is 7.05 Å². The van der Waals surface area contributed by atoms with Gasteiger partial charge in [0.15, 0.2) is 9.35 Å². The van der Waals surface area contributed by atoms with E-state index in [9.17, 15) is 4.79 Å². The molecule has 8 heteroatoms. The summed E-state index contributed by atoms with van der Waals surface area (Å²) in [6, 6.07) is 0. The number of rotatable bonds is 5. The SMILES string of the molecule is COC(=O)CCSc1nnc(-c2c(C)nn(C)c2C)s1. The van der Waals surface area contributed by atoms with Gasteiger partial charge in [-0.25, -0.2) is 0 Å². The third-order valence-corrected chi connectivity index (χ3v) is 4.96. The molecule has 2 aromatic heterocycles. The van der Waals surface area contributed by atoms with Crippen LogP contribution in [0.4, 0.5) is 0 Å². The van der Waals surface area contributed by atoms with Crippen molar-refractivity contribution in [3.05, 3.63) is 11.4 Å². The number of carbonyl (C=O) groups excluding carboxylic acids is 1. The van der Waals surface area contributed by atoms with Crippen LogP contribution in [0.2, 0.25) is 0 Å². The Morgan fingerprint density at radius 3 is 2.75 bits per heavy atom. The Bertz CT molecular complexity index is 621. The first-order valence-electron chi connectivity index (χ1n) is 6.06. The summed E-state index contributed by atoms with van der Waals surface area (Å²) in [5, 5.41) is 13.6. The maximum atomic E-state index is 11.0. The number of aromatic nitrogens is 4. The number of ether oxygens (including phenoxy) is 1. The van der Waals surface area contributed by atoms with E-state index in [4.69, 9.17) is 0 Å². The van der Waals surface area contributed by atoms with Crippen molar-refractivity contribution in [2.75, 3.05) is 12.9 Å². The molecule has 20 heavy (non-hydrogen) atoms. The quantitative estimate of drug-likeness (QED) is 0.623. The summed E-state index contributed by atoms with van der Waals surface area (Å²) >= 11 is 3.04. The van der Waals surface area contributed by atoms with Gasteiger partial charge in [-0.3, -0.25) is 9.48 Å². The summed E-state index contributed by atoms with van der Waals surface area (Å²) in [5.41, 5.74) is 3.07. The molecular weight excluding hydrogens is 296 g/mol. The number of methoxy groups -OCH3 is 1. The van der Waals surface area contributed by atoms with Crippen LogP contribution in [0.25, 0.3) is 10.6 Å². The van der Waals surface area contributed by atoms with Gasteiger partial charge in [-0.1, -0.05) is 23.1 Å². The lowest BCUT2D eigenvalue weighted by Gasteiger charge is -1.96. The largest absolute Gasteiger partial charge is 0.469 e. The van der Waals surface area contributed by atoms with E-state index in [-0.39, 0.29) is 5.97 Å². The molecule has 0 bridgehead atoms. The van der Waals surface area contributed by atoms with E-state index in [2.05, 4.69) is 20.0 Å². The van der Waals surface area contributed by atoms with Crippen molar-refractivity contribution < 1.29 is 9.53 Å². The van der Waals surface area contributed by atoms with Gasteiger partial charge < -0.3 is 4.74 Å². The van der Waals surface area contributed by atoms with E-state index in [0.29, 0.717) is 12.2 Å². The fourth-order valence-electron chi connectivity index (χ4n) is 1.78. The number of hydrogen-bond donors (Lipinski definition) is 0. The van der Waals surface area contributed by atoms with E-state index in [0.717, 1.165) is 26.3 Å². The van der Waals surface area contributed by atoms with Crippen LogP contribution in [-0.4, -0.2) is 38.8 Å². The average molecular weight is 312 g/mol. The average Bonchev–Trinajstić information content (AvgIpc) is 2.95. The number of thioether (sulfide) groups is 1. The van der Waals surface area contributed by atoms with Gasteiger partial charge in [0.05, 0.1) is 24.8 Å². The summed E-state index contributed by atoms with van der Waals surface area (Å²) in [7, 11) is 3.31. The number of carbonyl (C=O) groups is 1. The molecule has 0 fully saturated rings. The zero-order valence-corrected chi connectivity index (χ0v) is 13.5. The van der Waals surface area contributed by atoms with E-state index in [1.54, 1.807) is 0 Å². The van der Waals surface area contributed by atoms with E-state index in [1.807, 2.05) is 25.6 Å². The standard InChI is InChI=1S/C12H16N4O2S2/c1-7-10(8(2)16(3)15-7)11-13-14-12(20-11)19-6-5-9(17)18-4/h5-6H2,1-4H3. The molecule has 2 rings (SSSR count). The molecule has 0 atom stereocenters. The fourth-order valence-corrected chi connectivity index (χ4v) is 3.77. The molecule has 0 saturated carbocycles. The Morgan fingerprint density at radius 2 is 2.15 bits per heavy atom. The van der Waals surface area contributed by atoms with Gasteiger partial charge in [-0.2, -0.15) is 5.10 Å². The minimum atomic E-state index is -0.207. The van der Waals surface area contributed by atoms with E-state index < -0.39 is 0 Å². The zero-order valence-electron chi connectivity index (χ0n) is 11.8. The molecule has 0 saturated heterocycles. The van der Waals surface area contributed by atoms with Gasteiger partial charge in [0.1, 0.15) is 0 Å². The van der Waals surface area contributed by atoms with Crippen LogP contribution in [0.3, 0.4) is 0 Å². The molecule has 2 heterocycles. The number of aryl methyl sites for hydroxylation is 2. The predicted molar refractivity (Wildman–Crippen MR) is 78.9 cm³/mol. The molecule has 0 unspecified atom stereocenters. The van der Waals surface area contributed by atoms with Crippen molar-refractivity contribution in [2.45, 2.75) is 24.6 Å². The molecule has 0 radical (unpaired) electrons. The third-order valence-electron chi connectivity index (χ3n) is 2.89. The van der Waals surface area contributed by atoms with Crippen molar-refractivity contribution in [1.29, 1.82) is 0 Å². The number of nitrogens with zero attached hydrogens (tertiary/aromatic N) is 4. The topological polar surface area (TPSA) is 69.9 Å². The first-order valence-corrected chi connectivity index (χ1v) is 7.86. The Labute approximate surface area is 125 Å². The van der Waals surface area contributed by atoms with Crippen LogP contribution < -0.4 is 0 Å². The summed E-state index contributed by atoms with van der Waals surface area (Å²) in [4.78, 5) is 11.0. The van der Waals surface area contributed by atoms with Crippen LogP contribution >= 0.6 is 23.1 Å². The Balaban J connectivity index is 2.07. The zero-order chi connectivity index (χ0) is 14.7. The minimum absolute atomic E-state index is 0.207. The van der Waals surface area contributed by atoms with Gasteiger partial charge in [-0.05, 0) is 13.8 Å². The molecule has 0 aliphatic rings. The highest BCUT2D eigenvalue weighted by Crippen LogP contribution is 2.33. The Kier molecular flexibility index (Phi) is 4.77. The first kappa shape index (κ1) is 15.0. The lowest BCUT2D eigenvalue weighted by Crippen LogP contribution is -2.00.